The van der Waals surface area contributed by atoms with Crippen LogP contribution in [0.15, 0.2) is 11.8 Å². The summed E-state index contributed by atoms with van der Waals surface area (Å²) >= 11 is 0. The van der Waals surface area contributed by atoms with Gasteiger partial charge in [0.1, 0.15) is 0 Å². The summed E-state index contributed by atoms with van der Waals surface area (Å²) in [6.45, 7) is 4.06. The van der Waals surface area contributed by atoms with Crippen molar-refractivity contribution in [1.82, 2.24) is 5.09 Å². The molecule has 1 N–H and O–H groups in total. The molecule has 5 nitrogen and oxygen atoms in total. The summed E-state index contributed by atoms with van der Waals surface area (Å²) in [7, 11) is -3.28. The van der Waals surface area contributed by atoms with Crippen molar-refractivity contribution < 1.29 is 18.4 Å². The minimum absolute atomic E-state index is 0.104. The first-order valence-electron chi connectivity index (χ1n) is 5.50. The fraction of sp³-hybridized carbons (Fsp3) is 0.700. The van der Waals surface area contributed by atoms with Crippen LogP contribution in [0.3, 0.4) is 0 Å². The third-order valence-electron chi connectivity index (χ3n) is 2.20. The van der Waals surface area contributed by atoms with Crippen molar-refractivity contribution in [2.24, 2.45) is 0 Å². The van der Waals surface area contributed by atoms with Gasteiger partial charge in [-0.25, -0.2) is 4.57 Å². The van der Waals surface area contributed by atoms with E-state index in [1.807, 2.05) is 0 Å². The Morgan fingerprint density at radius 1 is 1.31 bits per heavy atom. The smallest absolute Gasteiger partial charge is 0.299 e. The van der Waals surface area contributed by atoms with Gasteiger partial charge >= 0.3 is 7.75 Å². The fourth-order valence-electron chi connectivity index (χ4n) is 1.50. The number of carbonyl (C=O) groups is 1. The molecule has 92 valence electrons. The van der Waals surface area contributed by atoms with Gasteiger partial charge in [0.05, 0.1) is 13.2 Å². The number of hydrogen-bond acceptors (Lipinski definition) is 4. The van der Waals surface area contributed by atoms with E-state index in [0.717, 1.165) is 12.8 Å². The van der Waals surface area contributed by atoms with Gasteiger partial charge in [0, 0.05) is 18.2 Å². The van der Waals surface area contributed by atoms with E-state index in [0.29, 0.717) is 25.2 Å². The second kappa shape index (κ2) is 6.18. The van der Waals surface area contributed by atoms with E-state index in [1.165, 1.54) is 6.20 Å². The van der Waals surface area contributed by atoms with Crippen LogP contribution < -0.4 is 5.09 Å². The zero-order valence-electron chi connectivity index (χ0n) is 9.69. The number of hydrogen-bond donors (Lipinski definition) is 1. The van der Waals surface area contributed by atoms with Gasteiger partial charge in [-0.05, 0) is 26.7 Å². The summed E-state index contributed by atoms with van der Waals surface area (Å²) < 4.78 is 22.0. The van der Waals surface area contributed by atoms with Crippen LogP contribution in [0.5, 0.6) is 0 Å². The van der Waals surface area contributed by atoms with Crippen LogP contribution in [0.25, 0.3) is 0 Å². The number of rotatable bonds is 6. The Labute approximate surface area is 95.8 Å². The molecule has 0 bridgehead atoms. The molecule has 6 heteroatoms. The highest BCUT2D eigenvalue weighted by Crippen LogP contribution is 2.43. The van der Waals surface area contributed by atoms with E-state index >= 15 is 0 Å². The number of allylic oxidation sites excluding steroid dienone is 1. The van der Waals surface area contributed by atoms with E-state index in [9.17, 15) is 9.36 Å². The minimum atomic E-state index is -3.28. The molecule has 0 aromatic carbocycles. The lowest BCUT2D eigenvalue weighted by Gasteiger charge is -2.16. The highest BCUT2D eigenvalue weighted by molar-refractivity contribution is 7.51. The van der Waals surface area contributed by atoms with Crippen LogP contribution in [-0.4, -0.2) is 19.0 Å². The summed E-state index contributed by atoms with van der Waals surface area (Å²) in [4.78, 5) is 11.3. The second-order valence-electron chi connectivity index (χ2n) is 3.41. The third-order valence-corrected chi connectivity index (χ3v) is 3.84. The van der Waals surface area contributed by atoms with Crippen LogP contribution in [0, 0.1) is 0 Å². The number of carbonyl (C=O) groups excluding carboxylic acids is 1. The standard InChI is InChI=1S/C10H18NO4P/c1-3-14-16(13,15-4-2)11-8-9-6-5-7-10(9)12/h8H,3-7H2,1-2H3,(H,11,13)/b9-8+. The molecule has 0 radical (unpaired) electrons. The zero-order chi connectivity index (χ0) is 12.0. The van der Waals surface area contributed by atoms with Crippen LogP contribution >= 0.6 is 7.75 Å². The molecule has 1 rings (SSSR count). The van der Waals surface area contributed by atoms with Crippen LogP contribution in [0.4, 0.5) is 0 Å². The number of ketones is 1. The predicted molar refractivity (Wildman–Crippen MR) is 60.9 cm³/mol. The SMILES string of the molecule is CCOP(=O)(N/C=C1\CCCC1=O)OCC. The Bertz CT molecular complexity index is 317. The summed E-state index contributed by atoms with van der Waals surface area (Å²) in [5.74, 6) is 0.104. The number of Topliss-reactive ketones (excluding diaryl/α,β-unsaturated/α-hetero) is 1. The van der Waals surface area contributed by atoms with Crippen molar-refractivity contribution in [2.75, 3.05) is 13.2 Å². The van der Waals surface area contributed by atoms with Crippen LogP contribution in [0.2, 0.25) is 0 Å². The lowest BCUT2D eigenvalue weighted by atomic mass is 10.2. The van der Waals surface area contributed by atoms with Gasteiger partial charge in [-0.3, -0.25) is 18.9 Å². The molecule has 0 heterocycles. The van der Waals surface area contributed by atoms with E-state index in [-0.39, 0.29) is 5.78 Å². The van der Waals surface area contributed by atoms with Gasteiger partial charge in [0.2, 0.25) is 0 Å². The highest BCUT2D eigenvalue weighted by atomic mass is 31.2. The second-order valence-corrected chi connectivity index (χ2v) is 5.18. The van der Waals surface area contributed by atoms with E-state index in [1.54, 1.807) is 13.8 Å². The normalized spacial score (nSPS) is 19.4. The molecule has 0 aromatic heterocycles. The topological polar surface area (TPSA) is 64.6 Å². The van der Waals surface area contributed by atoms with E-state index in [4.69, 9.17) is 9.05 Å². The molecular formula is C10H18NO4P. The third kappa shape index (κ3) is 3.74. The largest absolute Gasteiger partial charge is 0.432 e. The fourth-order valence-corrected chi connectivity index (χ4v) is 2.72. The number of nitrogens with one attached hydrogen (secondary N) is 1. The Kier molecular flexibility index (Phi) is 5.19. The Balaban J connectivity index is 2.62. The molecule has 0 atom stereocenters. The molecular weight excluding hydrogens is 229 g/mol. The zero-order valence-corrected chi connectivity index (χ0v) is 10.6. The first kappa shape index (κ1) is 13.4. The maximum Gasteiger partial charge on any atom is 0.432 e. The average Bonchev–Trinajstić information content (AvgIpc) is 2.62. The predicted octanol–water partition coefficient (Wildman–Crippen LogP) is 2.39. The quantitative estimate of drug-likeness (QED) is 0.576. The Morgan fingerprint density at radius 2 is 1.94 bits per heavy atom. The van der Waals surface area contributed by atoms with E-state index < -0.39 is 7.75 Å². The molecule has 0 unspecified atom stereocenters. The molecule has 16 heavy (non-hydrogen) atoms. The molecule has 0 saturated heterocycles. The molecule has 0 aromatic rings. The van der Waals surface area contributed by atoms with Gasteiger partial charge in [-0.15, -0.1) is 0 Å². The van der Waals surface area contributed by atoms with Crippen molar-refractivity contribution in [3.05, 3.63) is 11.8 Å². The van der Waals surface area contributed by atoms with Crippen molar-refractivity contribution in [3.63, 3.8) is 0 Å². The van der Waals surface area contributed by atoms with E-state index in [2.05, 4.69) is 5.09 Å². The maximum absolute atomic E-state index is 12.0. The minimum Gasteiger partial charge on any atom is -0.299 e. The molecule has 0 aliphatic heterocycles. The highest BCUT2D eigenvalue weighted by Gasteiger charge is 2.23. The maximum atomic E-state index is 12.0. The van der Waals surface area contributed by atoms with Gasteiger partial charge in [-0.2, -0.15) is 0 Å². The summed E-state index contributed by atoms with van der Waals surface area (Å²) in [6.07, 6.45) is 3.63. The van der Waals surface area contributed by atoms with Crippen LogP contribution in [-0.2, 0) is 18.4 Å². The van der Waals surface area contributed by atoms with Gasteiger partial charge in [-0.1, -0.05) is 0 Å². The monoisotopic (exact) mass is 247 g/mol. The summed E-state index contributed by atoms with van der Waals surface area (Å²) in [6, 6.07) is 0. The molecule has 0 spiro atoms. The van der Waals surface area contributed by atoms with Gasteiger partial charge < -0.3 is 0 Å². The summed E-state index contributed by atoms with van der Waals surface area (Å²) in [5, 5.41) is 2.60. The molecule has 0 amide bonds. The van der Waals surface area contributed by atoms with Gasteiger partial charge in [0.25, 0.3) is 0 Å². The lowest BCUT2D eigenvalue weighted by molar-refractivity contribution is -0.114. The van der Waals surface area contributed by atoms with Crippen molar-refractivity contribution in [3.8, 4) is 0 Å². The Morgan fingerprint density at radius 3 is 2.38 bits per heavy atom. The molecule has 1 fully saturated rings. The van der Waals surface area contributed by atoms with Crippen molar-refractivity contribution >= 4 is 13.5 Å². The van der Waals surface area contributed by atoms with Gasteiger partial charge in [0.15, 0.2) is 5.78 Å². The molecule has 1 aliphatic carbocycles. The average molecular weight is 247 g/mol. The van der Waals surface area contributed by atoms with Crippen molar-refractivity contribution in [2.45, 2.75) is 33.1 Å². The van der Waals surface area contributed by atoms with Crippen LogP contribution in [0.1, 0.15) is 33.1 Å². The van der Waals surface area contributed by atoms with Crippen molar-refractivity contribution in [1.29, 1.82) is 0 Å². The molecule has 1 saturated carbocycles. The Hall–Kier alpha value is -0.640. The first-order valence-corrected chi connectivity index (χ1v) is 7.04. The summed E-state index contributed by atoms with van der Waals surface area (Å²) in [5.41, 5.74) is 0.666. The lowest BCUT2D eigenvalue weighted by Crippen LogP contribution is -2.10. The first-order chi connectivity index (χ1) is 7.61. The molecule has 1 aliphatic rings.